The average Bonchev–Trinajstić information content (AvgIpc) is 3.32. The highest BCUT2D eigenvalue weighted by Crippen LogP contribution is 2.37. The molecule has 3 aromatic rings. The lowest BCUT2D eigenvalue weighted by atomic mass is 9.85. The summed E-state index contributed by atoms with van der Waals surface area (Å²) in [6.45, 7) is 11.4. The SMILES string of the molecule is [C-]#[N+]c1cc(-c2nc(-c3cccc4c3CCC[C@H]4NS(=O)(=O)CCOC)no2)ccc1OC(C)C. The van der Waals surface area contributed by atoms with Crippen molar-refractivity contribution in [2.45, 2.75) is 45.3 Å². The molecule has 1 aliphatic carbocycles. The summed E-state index contributed by atoms with van der Waals surface area (Å²) in [6.07, 6.45) is 2.28. The Hall–Kier alpha value is -3.26. The summed E-state index contributed by atoms with van der Waals surface area (Å²) in [6, 6.07) is 10.6. The molecule has 9 nitrogen and oxygen atoms in total. The molecule has 0 bridgehead atoms. The smallest absolute Gasteiger partial charge is 0.256 e. The van der Waals surface area contributed by atoms with Crippen LogP contribution in [0, 0.1) is 6.57 Å². The molecule has 35 heavy (non-hydrogen) atoms. The molecule has 1 aliphatic rings. The second-order valence-corrected chi connectivity index (χ2v) is 10.5. The molecule has 0 saturated carbocycles. The summed E-state index contributed by atoms with van der Waals surface area (Å²) in [5.41, 5.74) is 3.74. The number of ether oxygens (including phenoxy) is 2. The van der Waals surface area contributed by atoms with Crippen molar-refractivity contribution >= 4 is 15.7 Å². The van der Waals surface area contributed by atoms with Gasteiger partial charge in [0.2, 0.25) is 21.5 Å². The molecule has 0 fully saturated rings. The summed E-state index contributed by atoms with van der Waals surface area (Å²) in [4.78, 5) is 8.15. The van der Waals surface area contributed by atoms with Crippen molar-refractivity contribution in [1.29, 1.82) is 0 Å². The number of nitrogens with zero attached hydrogens (tertiary/aromatic N) is 3. The van der Waals surface area contributed by atoms with E-state index in [9.17, 15) is 8.42 Å². The van der Waals surface area contributed by atoms with Gasteiger partial charge in [0.15, 0.2) is 0 Å². The first-order chi connectivity index (χ1) is 16.8. The lowest BCUT2D eigenvalue weighted by molar-refractivity contribution is 0.216. The van der Waals surface area contributed by atoms with Gasteiger partial charge >= 0.3 is 0 Å². The maximum Gasteiger partial charge on any atom is 0.256 e. The Balaban J connectivity index is 1.63. The van der Waals surface area contributed by atoms with Crippen LogP contribution in [0.15, 0.2) is 40.9 Å². The van der Waals surface area contributed by atoms with Crippen LogP contribution in [0.3, 0.4) is 0 Å². The Kier molecular flexibility index (Phi) is 7.50. The molecule has 0 amide bonds. The van der Waals surface area contributed by atoms with Crippen LogP contribution in [0.25, 0.3) is 27.7 Å². The van der Waals surface area contributed by atoms with Gasteiger partial charge in [-0.15, -0.1) is 0 Å². The zero-order chi connectivity index (χ0) is 25.0. The number of rotatable bonds is 9. The van der Waals surface area contributed by atoms with E-state index in [-0.39, 0.29) is 24.5 Å². The number of sulfonamides is 1. The number of benzene rings is 2. The van der Waals surface area contributed by atoms with Gasteiger partial charge in [-0.1, -0.05) is 23.4 Å². The molecule has 4 rings (SSSR count). The van der Waals surface area contributed by atoms with Crippen LogP contribution in [0.4, 0.5) is 5.69 Å². The minimum Gasteiger partial charge on any atom is -0.502 e. The van der Waals surface area contributed by atoms with E-state index < -0.39 is 10.0 Å². The molecule has 0 aliphatic heterocycles. The summed E-state index contributed by atoms with van der Waals surface area (Å²) in [5.74, 6) is 1.14. The third kappa shape index (κ3) is 5.70. The van der Waals surface area contributed by atoms with Gasteiger partial charge in [-0.25, -0.2) is 18.0 Å². The molecule has 0 unspecified atom stereocenters. The first-order valence-electron chi connectivity index (χ1n) is 11.4. The molecule has 1 aromatic heterocycles. The van der Waals surface area contributed by atoms with Crippen LogP contribution >= 0.6 is 0 Å². The Bertz CT molecular complexity index is 1340. The standard InChI is InChI=1S/C25H28N4O5S/c1-16(2)33-23-12-11-17(15-22(23)26-3)25-27-24(28-34-25)20-9-5-8-19-18(20)7-6-10-21(19)29-35(30,31)14-13-32-4/h5,8-9,11-12,15-16,21,29H,6-7,10,13-14H2,1-2,4H3/t21-/m1/s1. The minimum atomic E-state index is -3.47. The van der Waals surface area contributed by atoms with Crippen LogP contribution in [0.1, 0.15) is 43.9 Å². The Morgan fingerprint density at radius 3 is 2.86 bits per heavy atom. The summed E-state index contributed by atoms with van der Waals surface area (Å²) >= 11 is 0. The van der Waals surface area contributed by atoms with Crippen molar-refractivity contribution in [1.82, 2.24) is 14.9 Å². The molecule has 1 atom stereocenters. The maximum absolute atomic E-state index is 12.5. The minimum absolute atomic E-state index is 0.0473. The van der Waals surface area contributed by atoms with E-state index in [1.165, 1.54) is 7.11 Å². The third-order valence-corrected chi connectivity index (χ3v) is 7.09. The fourth-order valence-corrected chi connectivity index (χ4v) is 5.37. The Morgan fingerprint density at radius 2 is 2.11 bits per heavy atom. The number of fused-ring (bicyclic) bond motifs is 1. The molecule has 0 radical (unpaired) electrons. The van der Waals surface area contributed by atoms with Crippen LogP contribution < -0.4 is 9.46 Å². The van der Waals surface area contributed by atoms with Crippen LogP contribution in [0.5, 0.6) is 5.75 Å². The highest BCUT2D eigenvalue weighted by atomic mass is 32.2. The van der Waals surface area contributed by atoms with Crippen molar-refractivity contribution in [2.24, 2.45) is 0 Å². The van der Waals surface area contributed by atoms with Crippen molar-refractivity contribution < 1.29 is 22.4 Å². The highest BCUT2D eigenvalue weighted by Gasteiger charge is 2.27. The summed E-state index contributed by atoms with van der Waals surface area (Å²) < 4.78 is 43.9. The van der Waals surface area contributed by atoms with E-state index in [1.54, 1.807) is 18.2 Å². The monoisotopic (exact) mass is 496 g/mol. The average molecular weight is 497 g/mol. The van der Waals surface area contributed by atoms with Gasteiger partial charge in [0.05, 0.1) is 25.0 Å². The lowest BCUT2D eigenvalue weighted by Gasteiger charge is -2.27. The zero-order valence-corrected chi connectivity index (χ0v) is 20.8. The quantitative estimate of drug-likeness (QED) is 0.428. The molecular formula is C25H28N4O5S. The number of hydrogen-bond donors (Lipinski definition) is 1. The molecule has 184 valence electrons. The number of nitrogens with one attached hydrogen (secondary N) is 1. The molecule has 0 saturated heterocycles. The lowest BCUT2D eigenvalue weighted by Crippen LogP contribution is -2.34. The van der Waals surface area contributed by atoms with Gasteiger partial charge in [0.25, 0.3) is 5.89 Å². The molecule has 1 N–H and O–H groups in total. The van der Waals surface area contributed by atoms with Gasteiger partial charge in [-0.05, 0) is 62.4 Å². The van der Waals surface area contributed by atoms with E-state index in [0.29, 0.717) is 35.1 Å². The topological polar surface area (TPSA) is 108 Å². The molecule has 10 heteroatoms. The predicted molar refractivity (Wildman–Crippen MR) is 132 cm³/mol. The fraction of sp³-hybridized carbons (Fsp3) is 0.400. The fourth-order valence-electron chi connectivity index (χ4n) is 4.19. The molecule has 0 spiro atoms. The second-order valence-electron chi connectivity index (χ2n) is 8.63. The van der Waals surface area contributed by atoms with Crippen molar-refractivity contribution in [2.75, 3.05) is 19.5 Å². The largest absolute Gasteiger partial charge is 0.502 e. The van der Waals surface area contributed by atoms with Crippen LogP contribution in [-0.2, 0) is 21.2 Å². The van der Waals surface area contributed by atoms with Crippen LogP contribution in [0.2, 0.25) is 0 Å². The van der Waals surface area contributed by atoms with E-state index >= 15 is 0 Å². The van der Waals surface area contributed by atoms with Gasteiger partial charge < -0.3 is 14.0 Å². The van der Waals surface area contributed by atoms with Gasteiger partial charge in [0, 0.05) is 24.3 Å². The Morgan fingerprint density at radius 1 is 1.29 bits per heavy atom. The number of aromatic nitrogens is 2. The second kappa shape index (κ2) is 10.6. The first kappa shape index (κ1) is 24.9. The third-order valence-electron chi connectivity index (χ3n) is 5.74. The van der Waals surface area contributed by atoms with E-state index in [4.69, 9.17) is 20.6 Å². The van der Waals surface area contributed by atoms with E-state index in [1.807, 2.05) is 32.0 Å². The van der Waals surface area contributed by atoms with Crippen LogP contribution in [-0.4, -0.2) is 44.1 Å². The number of hydrogen-bond acceptors (Lipinski definition) is 7. The van der Waals surface area contributed by atoms with Gasteiger partial charge in [-0.3, -0.25) is 0 Å². The predicted octanol–water partition coefficient (Wildman–Crippen LogP) is 4.68. The summed E-state index contributed by atoms with van der Waals surface area (Å²) in [7, 11) is -1.99. The van der Waals surface area contributed by atoms with E-state index in [0.717, 1.165) is 29.5 Å². The first-order valence-corrected chi connectivity index (χ1v) is 13.1. The van der Waals surface area contributed by atoms with Crippen molar-refractivity contribution in [3.63, 3.8) is 0 Å². The van der Waals surface area contributed by atoms with Crippen molar-refractivity contribution in [3.05, 3.63) is 58.9 Å². The number of methoxy groups -OCH3 is 1. The molecule has 2 aromatic carbocycles. The maximum atomic E-state index is 12.5. The zero-order valence-electron chi connectivity index (χ0n) is 19.9. The highest BCUT2D eigenvalue weighted by molar-refractivity contribution is 7.89. The van der Waals surface area contributed by atoms with Gasteiger partial charge in [-0.2, -0.15) is 4.98 Å². The van der Waals surface area contributed by atoms with E-state index in [2.05, 4.69) is 19.7 Å². The molecular weight excluding hydrogens is 468 g/mol. The Labute approximate surface area is 205 Å². The molecule has 1 heterocycles. The van der Waals surface area contributed by atoms with Crippen molar-refractivity contribution in [3.8, 4) is 28.6 Å². The summed E-state index contributed by atoms with van der Waals surface area (Å²) in [5, 5.41) is 4.19. The van der Waals surface area contributed by atoms with Gasteiger partial charge in [0.1, 0.15) is 5.75 Å². The normalized spacial score (nSPS) is 15.6.